The largest absolute Gasteiger partial charge is 0.235 e. The van der Waals surface area contributed by atoms with Gasteiger partial charge in [0.25, 0.3) is 0 Å². The topological polar surface area (TPSA) is 30.2 Å². The molecule has 2 aromatic rings. The molecular weight excluding hydrogens is 162 g/mol. The molecule has 2 aromatic heterocycles. The second kappa shape index (κ2) is 4.03. The highest BCUT2D eigenvalue weighted by molar-refractivity contribution is 5.40. The first-order valence-corrected chi connectivity index (χ1v) is 4.54. The summed E-state index contributed by atoms with van der Waals surface area (Å²) < 4.78 is 1.83. The Morgan fingerprint density at radius 2 is 1.85 bits per heavy atom. The van der Waals surface area contributed by atoms with Gasteiger partial charge in [-0.05, 0) is 25.5 Å². The number of fused-ring (bicyclic) bond motifs is 1. The third-order valence-electron chi connectivity index (χ3n) is 1.67. The molecule has 0 aliphatic rings. The lowest BCUT2D eigenvalue weighted by molar-refractivity contribution is 0.892. The van der Waals surface area contributed by atoms with Crippen LogP contribution in [0.4, 0.5) is 0 Å². The number of hydrogen-bond donors (Lipinski definition) is 0. The van der Waals surface area contributed by atoms with E-state index in [9.17, 15) is 0 Å². The zero-order chi connectivity index (χ0) is 9.84. The first kappa shape index (κ1) is 9.71. The smallest absolute Gasteiger partial charge is 0.154 e. The van der Waals surface area contributed by atoms with Crippen LogP contribution in [0.2, 0.25) is 0 Å². The van der Waals surface area contributed by atoms with E-state index in [0.717, 1.165) is 16.9 Å². The number of rotatable bonds is 0. The molecule has 0 unspecified atom stereocenters. The predicted octanol–water partition coefficient (Wildman–Crippen LogP) is 2.37. The molecule has 2 rings (SSSR count). The van der Waals surface area contributed by atoms with E-state index in [4.69, 9.17) is 0 Å². The van der Waals surface area contributed by atoms with E-state index in [0.29, 0.717) is 0 Å². The minimum absolute atomic E-state index is 0.919. The monoisotopic (exact) mass is 177 g/mol. The normalized spacial score (nSPS) is 9.54. The number of nitrogens with zero attached hydrogens (tertiary/aromatic N) is 3. The second-order valence-corrected chi connectivity index (χ2v) is 2.70. The summed E-state index contributed by atoms with van der Waals surface area (Å²) in [4.78, 5) is 4.18. The van der Waals surface area contributed by atoms with Gasteiger partial charge in [0.1, 0.15) is 0 Å². The molecule has 0 spiro atoms. The Labute approximate surface area is 78.4 Å². The fourth-order valence-corrected chi connectivity index (χ4v) is 1.09. The maximum absolute atomic E-state index is 4.19. The van der Waals surface area contributed by atoms with Gasteiger partial charge in [-0.15, -0.1) is 0 Å². The van der Waals surface area contributed by atoms with Crippen LogP contribution in [0.5, 0.6) is 0 Å². The number of imidazole rings is 1. The predicted molar refractivity (Wildman–Crippen MR) is 53.8 cm³/mol. The summed E-state index contributed by atoms with van der Waals surface area (Å²) in [6.07, 6.45) is 3.66. The van der Waals surface area contributed by atoms with E-state index in [1.807, 2.05) is 50.7 Å². The highest BCUT2D eigenvalue weighted by atomic mass is 15.2. The van der Waals surface area contributed by atoms with Gasteiger partial charge in [0, 0.05) is 0 Å². The van der Waals surface area contributed by atoms with E-state index in [-0.39, 0.29) is 0 Å². The Hall–Kier alpha value is -1.38. The SMILES string of the molecule is CC.Cc1cnn2c(C)cnc2c1. The van der Waals surface area contributed by atoms with Crippen molar-refractivity contribution in [2.45, 2.75) is 27.7 Å². The molecule has 0 aliphatic carbocycles. The third kappa shape index (κ3) is 1.86. The van der Waals surface area contributed by atoms with Gasteiger partial charge < -0.3 is 0 Å². The fourth-order valence-electron chi connectivity index (χ4n) is 1.09. The van der Waals surface area contributed by atoms with Gasteiger partial charge in [-0.1, -0.05) is 13.8 Å². The van der Waals surface area contributed by atoms with Crippen LogP contribution in [-0.4, -0.2) is 14.6 Å². The minimum atomic E-state index is 0.919. The molecule has 0 amide bonds. The Kier molecular flexibility index (Phi) is 3.01. The van der Waals surface area contributed by atoms with Crippen molar-refractivity contribution in [3.8, 4) is 0 Å². The van der Waals surface area contributed by atoms with Crippen LogP contribution in [0.1, 0.15) is 25.1 Å². The van der Waals surface area contributed by atoms with Crippen molar-refractivity contribution in [3.05, 3.63) is 29.7 Å². The van der Waals surface area contributed by atoms with Crippen LogP contribution in [0.15, 0.2) is 18.5 Å². The molecule has 3 nitrogen and oxygen atoms in total. The molecule has 3 heteroatoms. The maximum atomic E-state index is 4.19. The van der Waals surface area contributed by atoms with Crippen molar-refractivity contribution in [1.82, 2.24) is 14.6 Å². The first-order valence-electron chi connectivity index (χ1n) is 4.54. The molecule has 13 heavy (non-hydrogen) atoms. The van der Waals surface area contributed by atoms with E-state index < -0.39 is 0 Å². The van der Waals surface area contributed by atoms with E-state index in [1.54, 1.807) is 0 Å². The summed E-state index contributed by atoms with van der Waals surface area (Å²) >= 11 is 0. The van der Waals surface area contributed by atoms with Gasteiger partial charge in [0.2, 0.25) is 0 Å². The zero-order valence-electron chi connectivity index (χ0n) is 8.57. The van der Waals surface area contributed by atoms with Gasteiger partial charge in [-0.2, -0.15) is 5.10 Å². The summed E-state index contributed by atoms with van der Waals surface area (Å²) in [7, 11) is 0. The van der Waals surface area contributed by atoms with E-state index in [1.165, 1.54) is 0 Å². The van der Waals surface area contributed by atoms with Crippen LogP contribution < -0.4 is 0 Å². The van der Waals surface area contributed by atoms with Crippen molar-refractivity contribution < 1.29 is 0 Å². The molecule has 70 valence electrons. The average Bonchev–Trinajstić information content (AvgIpc) is 2.51. The second-order valence-electron chi connectivity index (χ2n) is 2.70. The van der Waals surface area contributed by atoms with Crippen LogP contribution >= 0.6 is 0 Å². The zero-order valence-corrected chi connectivity index (χ0v) is 8.57. The number of aryl methyl sites for hydroxylation is 2. The molecule has 2 heterocycles. The quantitative estimate of drug-likeness (QED) is 0.618. The Morgan fingerprint density at radius 3 is 2.54 bits per heavy atom. The maximum Gasteiger partial charge on any atom is 0.154 e. The van der Waals surface area contributed by atoms with Crippen LogP contribution in [-0.2, 0) is 0 Å². The Bertz CT molecular complexity index is 390. The minimum Gasteiger partial charge on any atom is -0.235 e. The number of hydrogen-bond acceptors (Lipinski definition) is 2. The Morgan fingerprint density at radius 1 is 1.15 bits per heavy atom. The van der Waals surface area contributed by atoms with Crippen molar-refractivity contribution in [2.24, 2.45) is 0 Å². The summed E-state index contributed by atoms with van der Waals surface area (Å²) in [5.41, 5.74) is 3.13. The van der Waals surface area contributed by atoms with Crippen LogP contribution in [0.25, 0.3) is 5.65 Å². The Balaban J connectivity index is 0.000000396. The fraction of sp³-hybridized carbons (Fsp3) is 0.400. The van der Waals surface area contributed by atoms with Crippen LogP contribution in [0.3, 0.4) is 0 Å². The molecule has 0 atom stereocenters. The number of aromatic nitrogens is 3. The lowest BCUT2D eigenvalue weighted by Gasteiger charge is -1.94. The van der Waals surface area contributed by atoms with Crippen LogP contribution in [0, 0.1) is 13.8 Å². The summed E-state index contributed by atoms with van der Waals surface area (Å²) in [5.74, 6) is 0. The first-order chi connectivity index (χ1) is 6.27. The lowest BCUT2D eigenvalue weighted by Crippen LogP contribution is -1.92. The highest BCUT2D eigenvalue weighted by Gasteiger charge is 1.97. The molecule has 0 radical (unpaired) electrons. The summed E-state index contributed by atoms with van der Waals surface area (Å²) in [5, 5.41) is 4.19. The summed E-state index contributed by atoms with van der Waals surface area (Å²) in [6, 6.07) is 2.01. The lowest BCUT2D eigenvalue weighted by atomic mass is 10.3. The van der Waals surface area contributed by atoms with Gasteiger partial charge in [0.05, 0.1) is 18.1 Å². The van der Waals surface area contributed by atoms with Crippen molar-refractivity contribution in [3.63, 3.8) is 0 Å². The third-order valence-corrected chi connectivity index (χ3v) is 1.67. The van der Waals surface area contributed by atoms with Gasteiger partial charge in [-0.25, -0.2) is 9.50 Å². The molecule has 0 aliphatic heterocycles. The summed E-state index contributed by atoms with van der Waals surface area (Å²) in [6.45, 7) is 8.00. The van der Waals surface area contributed by atoms with Crippen molar-refractivity contribution >= 4 is 5.65 Å². The molecule has 0 aromatic carbocycles. The molecule has 0 saturated heterocycles. The molecular formula is C10H15N3. The van der Waals surface area contributed by atoms with Gasteiger partial charge in [-0.3, -0.25) is 0 Å². The molecule has 0 fully saturated rings. The molecule has 0 N–H and O–H groups in total. The van der Waals surface area contributed by atoms with E-state index in [2.05, 4.69) is 10.1 Å². The highest BCUT2D eigenvalue weighted by Crippen LogP contribution is 2.04. The van der Waals surface area contributed by atoms with Gasteiger partial charge >= 0.3 is 0 Å². The van der Waals surface area contributed by atoms with Gasteiger partial charge in [0.15, 0.2) is 5.65 Å². The molecule has 0 bridgehead atoms. The molecule has 0 saturated carbocycles. The average molecular weight is 177 g/mol. The van der Waals surface area contributed by atoms with E-state index >= 15 is 0 Å². The van der Waals surface area contributed by atoms with Crippen molar-refractivity contribution in [1.29, 1.82) is 0 Å². The standard InChI is InChI=1S/C8H9N3.C2H6/c1-6-3-8-9-5-7(2)11(8)10-4-6;1-2/h3-5H,1-2H3;1-2H3. The van der Waals surface area contributed by atoms with Crippen molar-refractivity contribution in [2.75, 3.05) is 0 Å².